The lowest BCUT2D eigenvalue weighted by atomic mass is 10.1. The Hall–Kier alpha value is -0.520. The highest BCUT2D eigenvalue weighted by Gasteiger charge is 1.86. The smallest absolute Gasteiger partial charge is 0.0310 e. The average molecular weight is 152 g/mol. The van der Waals surface area contributed by atoms with E-state index in [1.807, 2.05) is 0 Å². The van der Waals surface area contributed by atoms with E-state index in [2.05, 4.69) is 45.9 Å². The summed E-state index contributed by atoms with van der Waals surface area (Å²) in [6.45, 7) is 8.63. The minimum atomic E-state index is 0.833. The molecule has 0 unspecified atom stereocenters. The molecule has 0 saturated heterocycles. The fraction of sp³-hybridized carbons (Fsp3) is 0.636. The predicted octanol–water partition coefficient (Wildman–Crippen LogP) is 3.95. The first-order valence-corrected chi connectivity index (χ1v) is 4.46. The van der Waals surface area contributed by atoms with Gasteiger partial charge in [0, 0.05) is 0 Å². The molecule has 0 atom stereocenters. The molecule has 0 bridgehead atoms. The van der Waals surface area contributed by atoms with Crippen LogP contribution in [0, 0.1) is 5.92 Å². The van der Waals surface area contributed by atoms with Crippen LogP contribution in [0.5, 0.6) is 0 Å². The highest BCUT2D eigenvalue weighted by Crippen LogP contribution is 2.06. The van der Waals surface area contributed by atoms with Crippen molar-refractivity contribution in [1.29, 1.82) is 0 Å². The predicted molar refractivity (Wildman–Crippen MR) is 52.6 cm³/mol. The van der Waals surface area contributed by atoms with Crippen LogP contribution in [-0.2, 0) is 0 Å². The summed E-state index contributed by atoms with van der Waals surface area (Å²) < 4.78 is 0. The van der Waals surface area contributed by atoms with Crippen molar-refractivity contribution in [3.63, 3.8) is 0 Å². The lowest BCUT2D eigenvalue weighted by molar-refractivity contribution is 0.737. The molecule has 0 heterocycles. The van der Waals surface area contributed by atoms with Crippen molar-refractivity contribution in [2.75, 3.05) is 0 Å². The SMILES string of the molecule is CC(C)C.CC1=CCCC=C1. The van der Waals surface area contributed by atoms with Gasteiger partial charge in [0.25, 0.3) is 0 Å². The van der Waals surface area contributed by atoms with E-state index >= 15 is 0 Å². The van der Waals surface area contributed by atoms with E-state index < -0.39 is 0 Å². The summed E-state index contributed by atoms with van der Waals surface area (Å²) in [4.78, 5) is 0. The Morgan fingerprint density at radius 1 is 1.18 bits per heavy atom. The van der Waals surface area contributed by atoms with Gasteiger partial charge in [-0.15, -0.1) is 0 Å². The zero-order valence-electron chi connectivity index (χ0n) is 8.22. The Labute approximate surface area is 71.0 Å². The van der Waals surface area contributed by atoms with E-state index in [1.54, 1.807) is 0 Å². The maximum atomic E-state index is 2.26. The molecule has 0 aromatic rings. The third-order valence-corrected chi connectivity index (χ3v) is 1.18. The Balaban J connectivity index is 0.000000218. The van der Waals surface area contributed by atoms with E-state index in [-0.39, 0.29) is 0 Å². The maximum Gasteiger partial charge on any atom is -0.0310 e. The average Bonchev–Trinajstić information content (AvgIpc) is 1.87. The fourth-order valence-corrected chi connectivity index (χ4v) is 0.744. The van der Waals surface area contributed by atoms with Gasteiger partial charge >= 0.3 is 0 Å². The van der Waals surface area contributed by atoms with Crippen LogP contribution in [0.3, 0.4) is 0 Å². The van der Waals surface area contributed by atoms with Crippen LogP contribution in [0.15, 0.2) is 23.8 Å². The van der Waals surface area contributed by atoms with Gasteiger partial charge in [0.2, 0.25) is 0 Å². The molecule has 0 spiro atoms. The third kappa shape index (κ3) is 9.48. The van der Waals surface area contributed by atoms with Crippen LogP contribution in [0.4, 0.5) is 0 Å². The fourth-order valence-electron chi connectivity index (χ4n) is 0.744. The van der Waals surface area contributed by atoms with E-state index in [0.29, 0.717) is 0 Å². The first-order valence-electron chi connectivity index (χ1n) is 4.46. The lowest BCUT2D eigenvalue weighted by Crippen LogP contribution is -1.76. The van der Waals surface area contributed by atoms with Gasteiger partial charge in [-0.05, 0) is 25.7 Å². The van der Waals surface area contributed by atoms with Crippen molar-refractivity contribution >= 4 is 0 Å². The molecular weight excluding hydrogens is 132 g/mol. The molecule has 0 aromatic heterocycles. The number of rotatable bonds is 0. The van der Waals surface area contributed by atoms with Crippen molar-refractivity contribution in [1.82, 2.24) is 0 Å². The van der Waals surface area contributed by atoms with Crippen LogP contribution in [0.25, 0.3) is 0 Å². The van der Waals surface area contributed by atoms with E-state index in [0.717, 1.165) is 5.92 Å². The molecule has 0 N–H and O–H groups in total. The lowest BCUT2D eigenvalue weighted by Gasteiger charge is -1.96. The summed E-state index contributed by atoms with van der Waals surface area (Å²) in [5, 5.41) is 0. The highest BCUT2D eigenvalue weighted by molar-refractivity contribution is 5.18. The number of hydrogen-bond donors (Lipinski definition) is 0. The van der Waals surface area contributed by atoms with Crippen molar-refractivity contribution < 1.29 is 0 Å². The van der Waals surface area contributed by atoms with Crippen LogP contribution in [-0.4, -0.2) is 0 Å². The third-order valence-electron chi connectivity index (χ3n) is 1.18. The second-order valence-electron chi connectivity index (χ2n) is 3.66. The monoisotopic (exact) mass is 152 g/mol. The minimum absolute atomic E-state index is 0.833. The van der Waals surface area contributed by atoms with Crippen molar-refractivity contribution in [2.24, 2.45) is 5.92 Å². The Morgan fingerprint density at radius 3 is 1.91 bits per heavy atom. The first-order chi connectivity index (χ1) is 5.13. The highest BCUT2D eigenvalue weighted by atomic mass is 13.9. The Morgan fingerprint density at radius 2 is 1.73 bits per heavy atom. The van der Waals surface area contributed by atoms with Crippen LogP contribution in [0.2, 0.25) is 0 Å². The van der Waals surface area contributed by atoms with Crippen molar-refractivity contribution in [3.05, 3.63) is 23.8 Å². The summed E-state index contributed by atoms with van der Waals surface area (Å²) in [5.74, 6) is 0.833. The van der Waals surface area contributed by atoms with Crippen molar-refractivity contribution in [3.8, 4) is 0 Å². The van der Waals surface area contributed by atoms with Gasteiger partial charge in [0.15, 0.2) is 0 Å². The van der Waals surface area contributed by atoms with Gasteiger partial charge in [-0.25, -0.2) is 0 Å². The maximum absolute atomic E-state index is 2.26. The van der Waals surface area contributed by atoms with E-state index in [9.17, 15) is 0 Å². The van der Waals surface area contributed by atoms with Gasteiger partial charge in [0.05, 0.1) is 0 Å². The minimum Gasteiger partial charge on any atom is -0.0840 e. The molecule has 0 saturated carbocycles. The zero-order chi connectivity index (χ0) is 8.69. The zero-order valence-corrected chi connectivity index (χ0v) is 8.22. The summed E-state index contributed by atoms with van der Waals surface area (Å²) in [6.07, 6.45) is 9.12. The van der Waals surface area contributed by atoms with Gasteiger partial charge in [-0.1, -0.05) is 44.6 Å². The molecule has 11 heavy (non-hydrogen) atoms. The molecular formula is C11H20. The molecule has 0 nitrogen and oxygen atoms in total. The molecule has 0 aromatic carbocycles. The Bertz CT molecular complexity index is 135. The normalized spacial score (nSPS) is 15.5. The molecule has 1 aliphatic rings. The summed E-state index contributed by atoms with van der Waals surface area (Å²) in [7, 11) is 0. The van der Waals surface area contributed by atoms with Crippen LogP contribution in [0.1, 0.15) is 40.5 Å². The van der Waals surface area contributed by atoms with Gasteiger partial charge in [0.1, 0.15) is 0 Å². The second-order valence-corrected chi connectivity index (χ2v) is 3.66. The molecule has 0 aliphatic heterocycles. The van der Waals surface area contributed by atoms with Gasteiger partial charge in [-0.3, -0.25) is 0 Å². The largest absolute Gasteiger partial charge is 0.0840 e. The summed E-state index contributed by atoms with van der Waals surface area (Å²) >= 11 is 0. The van der Waals surface area contributed by atoms with Gasteiger partial charge in [-0.2, -0.15) is 0 Å². The quantitative estimate of drug-likeness (QED) is 0.493. The number of allylic oxidation sites excluding steroid dienone is 4. The summed E-state index contributed by atoms with van der Waals surface area (Å²) in [6, 6.07) is 0. The molecule has 1 aliphatic carbocycles. The molecule has 0 heteroatoms. The summed E-state index contributed by atoms with van der Waals surface area (Å²) in [5.41, 5.74) is 1.41. The first kappa shape index (κ1) is 10.5. The number of hydrogen-bond acceptors (Lipinski definition) is 0. The van der Waals surface area contributed by atoms with Crippen LogP contribution >= 0.6 is 0 Å². The second kappa shape index (κ2) is 6.21. The molecule has 64 valence electrons. The van der Waals surface area contributed by atoms with Crippen LogP contribution < -0.4 is 0 Å². The standard InChI is InChI=1S/C7H10.C4H10/c1-7-5-3-2-4-6-7;1-4(2)3/h3,5-6H,2,4H2,1H3;4H,1-3H3. The van der Waals surface area contributed by atoms with E-state index in [1.165, 1.54) is 18.4 Å². The Kier molecular flexibility index (Phi) is 5.91. The van der Waals surface area contributed by atoms with E-state index in [4.69, 9.17) is 0 Å². The van der Waals surface area contributed by atoms with Gasteiger partial charge < -0.3 is 0 Å². The van der Waals surface area contributed by atoms with Crippen molar-refractivity contribution in [2.45, 2.75) is 40.5 Å². The topological polar surface area (TPSA) is 0 Å². The molecule has 0 radical (unpaired) electrons. The molecule has 1 rings (SSSR count). The molecule has 0 fully saturated rings. The molecule has 0 amide bonds.